The van der Waals surface area contributed by atoms with Gasteiger partial charge in [-0.3, -0.25) is 0 Å². The van der Waals surface area contributed by atoms with Crippen molar-refractivity contribution < 1.29 is 4.74 Å². The van der Waals surface area contributed by atoms with E-state index in [4.69, 9.17) is 4.74 Å². The molecule has 1 aromatic rings. The summed E-state index contributed by atoms with van der Waals surface area (Å²) < 4.78 is 5.72. The fraction of sp³-hybridized carbons (Fsp3) is 0.600. The molecule has 0 radical (unpaired) electrons. The van der Waals surface area contributed by atoms with Crippen molar-refractivity contribution in [1.82, 2.24) is 5.32 Å². The van der Waals surface area contributed by atoms with Crippen LogP contribution >= 0.6 is 11.8 Å². The number of rotatable bonds is 6. The van der Waals surface area contributed by atoms with E-state index in [1.165, 1.54) is 5.56 Å². The molecule has 0 spiro atoms. The summed E-state index contributed by atoms with van der Waals surface area (Å²) in [5.41, 5.74) is 1.27. The first-order chi connectivity index (χ1) is 8.46. The van der Waals surface area contributed by atoms with Gasteiger partial charge in [0.15, 0.2) is 0 Å². The average molecular weight is 267 g/mol. The summed E-state index contributed by atoms with van der Waals surface area (Å²) in [6, 6.07) is 8.73. The Morgan fingerprint density at radius 3 is 2.50 bits per heavy atom. The number of likely N-dealkylation sites (N-methyl/N-ethyl adjacent to an activating group) is 1. The van der Waals surface area contributed by atoms with E-state index in [9.17, 15) is 0 Å². The van der Waals surface area contributed by atoms with Gasteiger partial charge in [0.2, 0.25) is 0 Å². The van der Waals surface area contributed by atoms with Crippen LogP contribution in [0, 0.1) is 0 Å². The molecule has 1 N–H and O–H groups in total. The highest BCUT2D eigenvalue weighted by molar-refractivity contribution is 8.00. The van der Waals surface area contributed by atoms with Crippen LogP contribution in [-0.4, -0.2) is 30.7 Å². The van der Waals surface area contributed by atoms with Crippen molar-refractivity contribution >= 4 is 11.8 Å². The van der Waals surface area contributed by atoms with E-state index in [0.717, 1.165) is 17.9 Å². The average Bonchev–Trinajstić information content (AvgIpc) is 2.33. The molecule has 0 heterocycles. The van der Waals surface area contributed by atoms with Crippen molar-refractivity contribution in [3.05, 3.63) is 29.8 Å². The Morgan fingerprint density at radius 2 is 1.94 bits per heavy atom. The topological polar surface area (TPSA) is 21.3 Å². The summed E-state index contributed by atoms with van der Waals surface area (Å²) in [7, 11) is 3.76. The fourth-order valence-corrected chi connectivity index (χ4v) is 2.72. The highest BCUT2D eigenvalue weighted by atomic mass is 32.2. The quantitative estimate of drug-likeness (QED) is 0.854. The number of hydrogen-bond acceptors (Lipinski definition) is 3. The third-order valence-electron chi connectivity index (χ3n) is 2.78. The second kappa shape index (κ2) is 7.05. The largest absolute Gasteiger partial charge is 0.496 e. The summed E-state index contributed by atoms with van der Waals surface area (Å²) in [5.74, 6) is 2.09. The molecule has 1 atom stereocenters. The molecule has 102 valence electrons. The van der Waals surface area contributed by atoms with Gasteiger partial charge < -0.3 is 10.1 Å². The monoisotopic (exact) mass is 267 g/mol. The minimum Gasteiger partial charge on any atom is -0.496 e. The number of benzene rings is 1. The lowest BCUT2D eigenvalue weighted by atomic mass is 10.1. The first kappa shape index (κ1) is 15.4. The first-order valence-electron chi connectivity index (χ1n) is 6.39. The summed E-state index contributed by atoms with van der Waals surface area (Å²) in [6.45, 7) is 6.77. The van der Waals surface area contributed by atoms with E-state index in [1.807, 2.05) is 30.9 Å². The number of thioether (sulfide) groups is 1. The van der Waals surface area contributed by atoms with Crippen molar-refractivity contribution in [3.63, 3.8) is 0 Å². The molecule has 0 aliphatic rings. The van der Waals surface area contributed by atoms with Crippen LogP contribution < -0.4 is 10.1 Å². The van der Waals surface area contributed by atoms with Crippen LogP contribution in [0.2, 0.25) is 0 Å². The smallest absolute Gasteiger partial charge is 0.122 e. The first-order valence-corrected chi connectivity index (χ1v) is 7.38. The minimum atomic E-state index is 0.315. The van der Waals surface area contributed by atoms with Gasteiger partial charge >= 0.3 is 0 Å². The predicted molar refractivity (Wildman–Crippen MR) is 81.8 cm³/mol. The summed E-state index contributed by atoms with van der Waals surface area (Å²) in [6.07, 6.45) is 1.00. The van der Waals surface area contributed by atoms with E-state index in [1.54, 1.807) is 7.11 Å². The number of para-hydroxylation sites is 1. The molecule has 1 rings (SSSR count). The summed E-state index contributed by atoms with van der Waals surface area (Å²) >= 11 is 2.00. The highest BCUT2D eigenvalue weighted by Crippen LogP contribution is 2.26. The Morgan fingerprint density at radius 1 is 1.28 bits per heavy atom. The second-order valence-corrected chi connectivity index (χ2v) is 7.27. The Kier molecular flexibility index (Phi) is 6.03. The van der Waals surface area contributed by atoms with Crippen LogP contribution in [0.15, 0.2) is 24.3 Å². The zero-order chi connectivity index (χ0) is 13.6. The molecular weight excluding hydrogens is 242 g/mol. The summed E-state index contributed by atoms with van der Waals surface area (Å²) in [5, 5.41) is 3.40. The SMILES string of the molecule is CNC(CSC(C)(C)C)Cc1ccccc1OC. The molecule has 0 fully saturated rings. The van der Waals surface area contributed by atoms with Gasteiger partial charge in [-0.1, -0.05) is 39.0 Å². The van der Waals surface area contributed by atoms with Crippen LogP contribution in [0.4, 0.5) is 0 Å². The Balaban J connectivity index is 2.62. The lowest BCUT2D eigenvalue weighted by Crippen LogP contribution is -2.31. The maximum atomic E-state index is 5.40. The van der Waals surface area contributed by atoms with Crippen molar-refractivity contribution in [3.8, 4) is 5.75 Å². The highest BCUT2D eigenvalue weighted by Gasteiger charge is 2.16. The molecule has 1 unspecified atom stereocenters. The number of ether oxygens (including phenoxy) is 1. The zero-order valence-corrected chi connectivity index (χ0v) is 12.9. The van der Waals surface area contributed by atoms with Gasteiger partial charge in [-0.2, -0.15) is 11.8 Å². The third kappa shape index (κ3) is 5.32. The lowest BCUT2D eigenvalue weighted by Gasteiger charge is -2.23. The van der Waals surface area contributed by atoms with Gasteiger partial charge in [-0.05, 0) is 25.1 Å². The third-order valence-corrected chi connectivity index (χ3v) is 4.22. The van der Waals surface area contributed by atoms with Crippen molar-refractivity contribution in [2.24, 2.45) is 0 Å². The molecule has 0 amide bonds. The van der Waals surface area contributed by atoms with Gasteiger partial charge in [-0.15, -0.1) is 0 Å². The molecule has 2 nitrogen and oxygen atoms in total. The van der Waals surface area contributed by atoms with E-state index < -0.39 is 0 Å². The van der Waals surface area contributed by atoms with Crippen molar-refractivity contribution in [1.29, 1.82) is 0 Å². The lowest BCUT2D eigenvalue weighted by molar-refractivity contribution is 0.407. The van der Waals surface area contributed by atoms with Crippen LogP contribution in [0.3, 0.4) is 0 Å². The molecule has 0 saturated heterocycles. The van der Waals surface area contributed by atoms with E-state index in [2.05, 4.69) is 38.2 Å². The Hall–Kier alpha value is -0.670. The van der Waals surface area contributed by atoms with E-state index in [-0.39, 0.29) is 0 Å². The van der Waals surface area contributed by atoms with E-state index >= 15 is 0 Å². The Labute approximate surface area is 116 Å². The summed E-state index contributed by atoms with van der Waals surface area (Å²) in [4.78, 5) is 0. The van der Waals surface area contributed by atoms with Gasteiger partial charge in [0.1, 0.15) is 5.75 Å². The molecule has 0 aliphatic carbocycles. The molecule has 1 aromatic carbocycles. The molecule has 0 aliphatic heterocycles. The molecular formula is C15H25NOS. The number of hydrogen-bond donors (Lipinski definition) is 1. The molecule has 0 saturated carbocycles. The normalized spacial score (nSPS) is 13.4. The molecule has 0 aromatic heterocycles. The van der Waals surface area contributed by atoms with Crippen LogP contribution in [0.1, 0.15) is 26.3 Å². The maximum absolute atomic E-state index is 5.40. The van der Waals surface area contributed by atoms with Crippen molar-refractivity contribution in [2.45, 2.75) is 38.0 Å². The van der Waals surface area contributed by atoms with Gasteiger partial charge in [0, 0.05) is 16.5 Å². The standard InChI is InChI=1S/C15H25NOS/c1-15(2,3)18-11-13(16-4)10-12-8-6-7-9-14(12)17-5/h6-9,13,16H,10-11H2,1-5H3. The van der Waals surface area contributed by atoms with Gasteiger partial charge in [0.25, 0.3) is 0 Å². The molecule has 0 bridgehead atoms. The van der Waals surface area contributed by atoms with Gasteiger partial charge in [0.05, 0.1) is 7.11 Å². The molecule has 3 heteroatoms. The predicted octanol–water partition coefficient (Wildman–Crippen LogP) is 3.36. The van der Waals surface area contributed by atoms with Crippen LogP contribution in [-0.2, 0) is 6.42 Å². The zero-order valence-electron chi connectivity index (χ0n) is 12.1. The number of nitrogens with one attached hydrogen (secondary N) is 1. The number of methoxy groups -OCH3 is 1. The van der Waals surface area contributed by atoms with Crippen LogP contribution in [0.5, 0.6) is 5.75 Å². The minimum absolute atomic E-state index is 0.315. The van der Waals surface area contributed by atoms with Crippen molar-refractivity contribution in [2.75, 3.05) is 19.9 Å². The second-order valence-electron chi connectivity index (χ2n) is 5.42. The van der Waals surface area contributed by atoms with Crippen LogP contribution in [0.25, 0.3) is 0 Å². The Bertz CT molecular complexity index is 360. The van der Waals surface area contributed by atoms with E-state index in [0.29, 0.717) is 10.8 Å². The maximum Gasteiger partial charge on any atom is 0.122 e. The van der Waals surface area contributed by atoms with Gasteiger partial charge in [-0.25, -0.2) is 0 Å². The molecule has 18 heavy (non-hydrogen) atoms. The fourth-order valence-electron chi connectivity index (χ4n) is 1.73.